The van der Waals surface area contributed by atoms with Crippen LogP contribution in [0, 0.1) is 0 Å². The summed E-state index contributed by atoms with van der Waals surface area (Å²) in [6, 6.07) is 9.39. The molecule has 1 aromatic carbocycles. The van der Waals surface area contributed by atoms with Crippen LogP contribution >= 0.6 is 15.9 Å². The minimum Gasteiger partial charge on any atom is -0.465 e. The topological polar surface area (TPSA) is 76.6 Å². The summed E-state index contributed by atoms with van der Waals surface area (Å²) in [7, 11) is -2.54. The molecule has 138 valence electrons. The molecule has 1 aliphatic carbocycles. The van der Waals surface area contributed by atoms with Crippen molar-refractivity contribution in [2.24, 2.45) is 0 Å². The summed E-state index contributed by atoms with van der Waals surface area (Å²) >= 11 is 3.26. The molecular weight excluding hydrogens is 420 g/mol. The maximum atomic E-state index is 13.3. The van der Waals surface area contributed by atoms with Gasteiger partial charge in [-0.1, -0.05) is 6.07 Å². The molecule has 1 saturated carbocycles. The number of ether oxygens (including phenoxy) is 1. The minimum absolute atomic E-state index is 0.0535. The highest BCUT2D eigenvalue weighted by Crippen LogP contribution is 2.39. The summed E-state index contributed by atoms with van der Waals surface area (Å²) in [5, 5.41) is 0. The fourth-order valence-corrected chi connectivity index (χ4v) is 5.14. The van der Waals surface area contributed by atoms with Gasteiger partial charge in [0.15, 0.2) is 0 Å². The number of aromatic nitrogens is 1. The number of benzene rings is 1. The largest absolute Gasteiger partial charge is 0.465 e. The first-order chi connectivity index (χ1) is 12.4. The van der Waals surface area contributed by atoms with E-state index in [0.29, 0.717) is 10.2 Å². The predicted molar refractivity (Wildman–Crippen MR) is 100 cm³/mol. The molecule has 6 nitrogen and oxygen atoms in total. The molecule has 1 aliphatic rings. The van der Waals surface area contributed by atoms with Crippen LogP contribution in [0.3, 0.4) is 0 Å². The first-order valence-electron chi connectivity index (χ1n) is 8.18. The Hall–Kier alpha value is -1.77. The highest BCUT2D eigenvalue weighted by molar-refractivity contribution is 9.10. The molecule has 0 spiro atoms. The van der Waals surface area contributed by atoms with Gasteiger partial charge in [0.1, 0.15) is 0 Å². The Bertz CT molecular complexity index is 914. The number of hydrogen-bond acceptors (Lipinski definition) is 5. The molecule has 1 unspecified atom stereocenters. The fourth-order valence-electron chi connectivity index (χ4n) is 2.86. The molecule has 1 fully saturated rings. The lowest BCUT2D eigenvalue weighted by atomic mass is 10.2. The summed E-state index contributed by atoms with van der Waals surface area (Å²) in [5.74, 6) is -0.593. The summed E-state index contributed by atoms with van der Waals surface area (Å²) in [6.45, 7) is 1.83. The Morgan fingerprint density at radius 2 is 2.04 bits per heavy atom. The van der Waals surface area contributed by atoms with E-state index in [0.717, 1.165) is 12.8 Å². The van der Waals surface area contributed by atoms with E-state index in [9.17, 15) is 13.2 Å². The highest BCUT2D eigenvalue weighted by Gasteiger charge is 2.42. The van der Waals surface area contributed by atoms with Crippen LogP contribution in [-0.2, 0) is 14.8 Å². The van der Waals surface area contributed by atoms with Crippen LogP contribution in [0.5, 0.6) is 0 Å². The van der Waals surface area contributed by atoms with E-state index in [2.05, 4.69) is 20.9 Å². The Labute approximate surface area is 161 Å². The molecule has 3 rings (SSSR count). The predicted octanol–water partition coefficient (Wildman–Crippen LogP) is 3.55. The Morgan fingerprint density at radius 1 is 1.31 bits per heavy atom. The van der Waals surface area contributed by atoms with Gasteiger partial charge in [-0.3, -0.25) is 4.98 Å². The van der Waals surface area contributed by atoms with Gasteiger partial charge in [0, 0.05) is 16.7 Å². The first kappa shape index (κ1) is 19.0. The van der Waals surface area contributed by atoms with E-state index in [1.807, 2.05) is 19.1 Å². The molecule has 0 aliphatic heterocycles. The molecule has 8 heteroatoms. The lowest BCUT2D eigenvalue weighted by molar-refractivity contribution is 0.0599. The summed E-state index contributed by atoms with van der Waals surface area (Å²) < 4.78 is 33.4. The van der Waals surface area contributed by atoms with E-state index < -0.39 is 22.0 Å². The molecule has 0 bridgehead atoms. The van der Waals surface area contributed by atoms with Crippen molar-refractivity contribution >= 4 is 31.9 Å². The van der Waals surface area contributed by atoms with Crippen LogP contribution in [0.15, 0.2) is 52.0 Å². The van der Waals surface area contributed by atoms with Gasteiger partial charge in [-0.15, -0.1) is 0 Å². The van der Waals surface area contributed by atoms with Gasteiger partial charge in [-0.2, -0.15) is 4.31 Å². The van der Waals surface area contributed by atoms with Gasteiger partial charge in [-0.25, -0.2) is 13.2 Å². The monoisotopic (exact) mass is 438 g/mol. The fraction of sp³-hybridized carbons (Fsp3) is 0.333. The van der Waals surface area contributed by atoms with Crippen molar-refractivity contribution in [3.63, 3.8) is 0 Å². The molecule has 1 atom stereocenters. The van der Waals surface area contributed by atoms with Crippen molar-refractivity contribution in [1.29, 1.82) is 0 Å². The zero-order valence-electron chi connectivity index (χ0n) is 14.4. The second-order valence-electron chi connectivity index (χ2n) is 6.13. The quantitative estimate of drug-likeness (QED) is 0.644. The smallest absolute Gasteiger partial charge is 0.339 e. The molecule has 0 amide bonds. The Balaban J connectivity index is 2.03. The van der Waals surface area contributed by atoms with Crippen molar-refractivity contribution in [2.75, 3.05) is 7.11 Å². The number of esters is 1. The summed E-state index contributed by atoms with van der Waals surface area (Å²) in [6.07, 6.45) is 3.28. The average Bonchev–Trinajstić information content (AvgIpc) is 3.46. The lowest BCUT2D eigenvalue weighted by Crippen LogP contribution is -2.36. The molecule has 2 aromatic rings. The van der Waals surface area contributed by atoms with Crippen LogP contribution in [-0.4, -0.2) is 36.8 Å². The third kappa shape index (κ3) is 3.67. The molecule has 1 aromatic heterocycles. The molecule has 0 radical (unpaired) electrons. The van der Waals surface area contributed by atoms with Crippen molar-refractivity contribution in [3.05, 3.63) is 58.3 Å². The average molecular weight is 439 g/mol. The summed E-state index contributed by atoms with van der Waals surface area (Å²) in [5.41, 5.74) is 0.864. The second kappa shape index (κ2) is 7.46. The SMILES string of the molecule is COC(=O)c1cc(S(=O)(=O)N(C2CC2)C(C)c2ccccn2)ccc1Br. The lowest BCUT2D eigenvalue weighted by Gasteiger charge is -2.28. The first-order valence-corrected chi connectivity index (χ1v) is 10.4. The van der Waals surface area contributed by atoms with Gasteiger partial charge < -0.3 is 4.74 Å². The third-order valence-corrected chi connectivity index (χ3v) is 7.03. The van der Waals surface area contributed by atoms with Crippen LogP contribution in [0.1, 0.15) is 41.9 Å². The number of methoxy groups -OCH3 is 1. The van der Waals surface area contributed by atoms with Crippen molar-refractivity contribution in [3.8, 4) is 0 Å². The van der Waals surface area contributed by atoms with Crippen LogP contribution < -0.4 is 0 Å². The summed E-state index contributed by atoms with van der Waals surface area (Å²) in [4.78, 5) is 16.3. The van der Waals surface area contributed by atoms with E-state index in [1.54, 1.807) is 18.3 Å². The maximum Gasteiger partial charge on any atom is 0.339 e. The number of halogens is 1. The molecular formula is C18H19BrN2O4S. The Morgan fingerprint density at radius 3 is 2.62 bits per heavy atom. The molecule has 1 heterocycles. The number of sulfonamides is 1. The highest BCUT2D eigenvalue weighted by atomic mass is 79.9. The van der Waals surface area contributed by atoms with Crippen molar-refractivity contribution < 1.29 is 17.9 Å². The molecule has 26 heavy (non-hydrogen) atoms. The van der Waals surface area contributed by atoms with E-state index >= 15 is 0 Å². The zero-order valence-corrected chi connectivity index (χ0v) is 16.8. The van der Waals surface area contributed by atoms with E-state index in [4.69, 9.17) is 4.74 Å². The van der Waals surface area contributed by atoms with Crippen LogP contribution in [0.2, 0.25) is 0 Å². The van der Waals surface area contributed by atoms with Crippen molar-refractivity contribution in [2.45, 2.75) is 36.7 Å². The van der Waals surface area contributed by atoms with Gasteiger partial charge in [0.2, 0.25) is 10.0 Å². The standard InChI is InChI=1S/C18H19BrN2O4S/c1-12(17-5-3-4-10-20-17)21(13-6-7-13)26(23,24)14-8-9-16(19)15(11-14)18(22)25-2/h3-5,8-13H,6-7H2,1-2H3. The number of nitrogens with zero attached hydrogens (tertiary/aromatic N) is 2. The van der Waals surface area contributed by atoms with E-state index in [1.165, 1.54) is 23.5 Å². The zero-order chi connectivity index (χ0) is 18.9. The number of rotatable bonds is 6. The third-order valence-electron chi connectivity index (χ3n) is 4.32. The number of hydrogen-bond donors (Lipinski definition) is 0. The normalized spacial score (nSPS) is 15.7. The minimum atomic E-state index is -3.80. The van der Waals surface area contributed by atoms with Crippen LogP contribution in [0.4, 0.5) is 0 Å². The van der Waals surface area contributed by atoms with Gasteiger partial charge in [-0.05, 0) is 66.0 Å². The Kier molecular flexibility index (Phi) is 5.45. The molecule has 0 saturated heterocycles. The van der Waals surface area contributed by atoms with Gasteiger partial charge in [0.25, 0.3) is 0 Å². The number of pyridine rings is 1. The second-order valence-corrected chi connectivity index (χ2v) is 8.83. The van der Waals surface area contributed by atoms with Gasteiger partial charge in [0.05, 0.1) is 29.3 Å². The number of carbonyl (C=O) groups is 1. The van der Waals surface area contributed by atoms with Crippen molar-refractivity contribution in [1.82, 2.24) is 9.29 Å². The maximum absolute atomic E-state index is 13.3. The van der Waals surface area contributed by atoms with E-state index in [-0.39, 0.29) is 16.5 Å². The molecule has 0 N–H and O–H groups in total. The van der Waals surface area contributed by atoms with Gasteiger partial charge >= 0.3 is 5.97 Å². The number of carbonyl (C=O) groups excluding carboxylic acids is 1. The van der Waals surface area contributed by atoms with Crippen LogP contribution in [0.25, 0.3) is 0 Å².